The van der Waals surface area contributed by atoms with Crippen LogP contribution in [-0.4, -0.2) is 37.6 Å². The smallest absolute Gasteiger partial charge is 0.403 e. The van der Waals surface area contributed by atoms with Crippen LogP contribution in [0.2, 0.25) is 0 Å². The van der Waals surface area contributed by atoms with Gasteiger partial charge in [0.25, 0.3) is 0 Å². The second-order valence-corrected chi connectivity index (χ2v) is 4.42. The van der Waals surface area contributed by atoms with Crippen LogP contribution in [0.15, 0.2) is 0 Å². The molecule has 3 unspecified atom stereocenters. The Hall–Kier alpha value is -1.11. The molecular formula is C11H16F3NO3. The summed E-state index contributed by atoms with van der Waals surface area (Å²) in [5.41, 5.74) is 0. The van der Waals surface area contributed by atoms with E-state index in [2.05, 4.69) is 10.1 Å². The topological polar surface area (TPSA) is 55.4 Å². The first-order valence-electron chi connectivity index (χ1n) is 5.69. The monoisotopic (exact) mass is 267 g/mol. The third-order valence-electron chi connectivity index (χ3n) is 3.18. The van der Waals surface area contributed by atoms with E-state index < -0.39 is 35.8 Å². The van der Waals surface area contributed by atoms with Crippen molar-refractivity contribution in [1.29, 1.82) is 0 Å². The van der Waals surface area contributed by atoms with Crippen molar-refractivity contribution in [3.05, 3.63) is 0 Å². The maximum Gasteiger partial charge on any atom is 0.403 e. The molecule has 0 aromatic carbocycles. The molecule has 4 nitrogen and oxygen atoms in total. The highest BCUT2D eigenvalue weighted by molar-refractivity contribution is 5.99. The van der Waals surface area contributed by atoms with Gasteiger partial charge in [0.05, 0.1) is 7.11 Å². The second kappa shape index (κ2) is 5.69. The molecule has 1 aliphatic rings. The largest absolute Gasteiger partial charge is 0.468 e. The minimum atomic E-state index is -4.37. The van der Waals surface area contributed by atoms with E-state index >= 15 is 0 Å². The van der Waals surface area contributed by atoms with Gasteiger partial charge in [0, 0.05) is 5.92 Å². The number of piperidine rings is 1. The Morgan fingerprint density at radius 2 is 2.00 bits per heavy atom. The fraction of sp³-hybridized carbons (Fsp3) is 0.818. The molecule has 1 N–H and O–H groups in total. The number of nitrogens with one attached hydrogen (secondary N) is 1. The fourth-order valence-electron chi connectivity index (χ4n) is 2.07. The van der Waals surface area contributed by atoms with E-state index in [0.717, 1.165) is 7.11 Å². The van der Waals surface area contributed by atoms with Crippen molar-refractivity contribution in [2.75, 3.05) is 13.7 Å². The van der Waals surface area contributed by atoms with Crippen LogP contribution in [0.5, 0.6) is 0 Å². The van der Waals surface area contributed by atoms with Gasteiger partial charge < -0.3 is 10.1 Å². The Bertz CT molecular complexity index is 330. The van der Waals surface area contributed by atoms with Gasteiger partial charge in [-0.1, -0.05) is 0 Å². The van der Waals surface area contributed by atoms with Crippen LogP contribution in [0.25, 0.3) is 0 Å². The molecule has 7 heteroatoms. The number of hydrogen-bond acceptors (Lipinski definition) is 4. The number of carbonyl (C=O) groups excluding carboxylic acids is 2. The summed E-state index contributed by atoms with van der Waals surface area (Å²) in [5.74, 6) is -2.93. The Balaban J connectivity index is 2.67. The molecule has 0 saturated carbocycles. The zero-order valence-electron chi connectivity index (χ0n) is 10.2. The summed E-state index contributed by atoms with van der Waals surface area (Å²) >= 11 is 0. The number of hydrogen-bond donors (Lipinski definition) is 1. The van der Waals surface area contributed by atoms with E-state index in [4.69, 9.17) is 0 Å². The highest BCUT2D eigenvalue weighted by Gasteiger charge is 2.44. The zero-order valence-corrected chi connectivity index (χ0v) is 10.2. The molecule has 1 heterocycles. The van der Waals surface area contributed by atoms with Crippen molar-refractivity contribution in [2.45, 2.75) is 32.0 Å². The molecule has 0 spiro atoms. The average molecular weight is 267 g/mol. The quantitative estimate of drug-likeness (QED) is 0.618. The number of halogens is 3. The van der Waals surface area contributed by atoms with Gasteiger partial charge in [0.1, 0.15) is 17.7 Å². The molecule has 0 aromatic rings. The Morgan fingerprint density at radius 1 is 1.39 bits per heavy atom. The molecule has 0 amide bonds. The molecule has 1 rings (SSSR count). The first-order valence-corrected chi connectivity index (χ1v) is 5.69. The van der Waals surface area contributed by atoms with Crippen LogP contribution in [0.3, 0.4) is 0 Å². The summed E-state index contributed by atoms with van der Waals surface area (Å²) in [7, 11) is 1.15. The molecular weight excluding hydrogens is 251 g/mol. The minimum absolute atomic E-state index is 0.120. The third-order valence-corrected chi connectivity index (χ3v) is 3.18. The first-order chi connectivity index (χ1) is 8.27. The number of Topliss-reactive ketones (excluding diaryl/α,β-unsaturated/α-hetero) is 1. The van der Waals surface area contributed by atoms with Gasteiger partial charge in [-0.05, 0) is 26.3 Å². The van der Waals surface area contributed by atoms with Crippen LogP contribution in [-0.2, 0) is 14.3 Å². The second-order valence-electron chi connectivity index (χ2n) is 4.42. The van der Waals surface area contributed by atoms with E-state index in [1.165, 1.54) is 6.92 Å². The fourth-order valence-corrected chi connectivity index (χ4v) is 2.07. The molecule has 1 saturated heterocycles. The number of ether oxygens (including phenoxy) is 1. The summed E-state index contributed by atoms with van der Waals surface area (Å²) in [6.07, 6.45) is -4.37. The van der Waals surface area contributed by atoms with Crippen LogP contribution in [0.1, 0.15) is 19.8 Å². The Kier molecular flexibility index (Phi) is 4.72. The highest BCUT2D eigenvalue weighted by Crippen LogP contribution is 2.30. The molecule has 1 fully saturated rings. The van der Waals surface area contributed by atoms with E-state index in [0.29, 0.717) is 6.42 Å². The van der Waals surface area contributed by atoms with E-state index in [1.807, 2.05) is 0 Å². The lowest BCUT2D eigenvalue weighted by Crippen LogP contribution is -2.49. The van der Waals surface area contributed by atoms with Crippen molar-refractivity contribution in [3.63, 3.8) is 0 Å². The first kappa shape index (κ1) is 14.9. The number of rotatable bonds is 3. The van der Waals surface area contributed by atoms with Gasteiger partial charge in [-0.3, -0.25) is 9.59 Å². The average Bonchev–Trinajstić information content (AvgIpc) is 2.35. The number of alkyl halides is 3. The molecule has 0 radical (unpaired) electrons. The van der Waals surface area contributed by atoms with Gasteiger partial charge in [-0.15, -0.1) is 0 Å². The number of ketones is 1. The van der Waals surface area contributed by atoms with E-state index in [9.17, 15) is 22.8 Å². The van der Waals surface area contributed by atoms with E-state index in [1.54, 1.807) is 0 Å². The summed E-state index contributed by atoms with van der Waals surface area (Å²) in [4.78, 5) is 23.1. The zero-order chi connectivity index (χ0) is 13.9. The Labute approximate surface area is 103 Å². The number of esters is 1. The molecule has 0 bridgehead atoms. The maximum atomic E-state index is 12.5. The van der Waals surface area contributed by atoms with Crippen molar-refractivity contribution in [3.8, 4) is 0 Å². The van der Waals surface area contributed by atoms with Crippen LogP contribution >= 0.6 is 0 Å². The molecule has 3 atom stereocenters. The summed E-state index contributed by atoms with van der Waals surface area (Å²) < 4.78 is 42.0. The predicted octanol–water partition coefficient (Wildman–Crippen LogP) is 1.30. The molecule has 0 aliphatic carbocycles. The number of methoxy groups -OCH3 is 1. The summed E-state index contributed by atoms with van der Waals surface area (Å²) in [6.45, 7) is 1.48. The van der Waals surface area contributed by atoms with Crippen LogP contribution in [0, 0.1) is 11.8 Å². The summed E-state index contributed by atoms with van der Waals surface area (Å²) in [6, 6.07) is -1.68. The normalized spacial score (nSPS) is 26.5. The van der Waals surface area contributed by atoms with Crippen LogP contribution in [0.4, 0.5) is 13.2 Å². The van der Waals surface area contributed by atoms with E-state index in [-0.39, 0.29) is 13.0 Å². The van der Waals surface area contributed by atoms with Gasteiger partial charge in [0.2, 0.25) is 0 Å². The van der Waals surface area contributed by atoms with Gasteiger partial charge in [0.15, 0.2) is 0 Å². The molecule has 18 heavy (non-hydrogen) atoms. The lowest BCUT2D eigenvalue weighted by molar-refractivity contribution is -0.166. The predicted molar refractivity (Wildman–Crippen MR) is 56.8 cm³/mol. The Morgan fingerprint density at radius 3 is 2.50 bits per heavy atom. The minimum Gasteiger partial charge on any atom is -0.468 e. The highest BCUT2D eigenvalue weighted by atomic mass is 19.4. The lowest BCUT2D eigenvalue weighted by Gasteiger charge is -2.31. The molecule has 104 valence electrons. The molecule has 1 aliphatic heterocycles. The van der Waals surface area contributed by atoms with Crippen molar-refractivity contribution in [2.24, 2.45) is 11.8 Å². The van der Waals surface area contributed by atoms with Gasteiger partial charge in [-0.2, -0.15) is 13.2 Å². The standard InChI is InChI=1S/C11H16F3NO3/c1-6(10(17)18-2)9(16)7-3-4-15-8(5-7)11(12,13)14/h6-8,15H,3-5H2,1-2H3. The lowest BCUT2D eigenvalue weighted by atomic mass is 9.84. The van der Waals surface area contributed by atoms with Crippen molar-refractivity contribution in [1.82, 2.24) is 5.32 Å². The van der Waals surface area contributed by atoms with Gasteiger partial charge >= 0.3 is 12.1 Å². The summed E-state index contributed by atoms with van der Waals surface area (Å²) in [5, 5.41) is 2.33. The van der Waals surface area contributed by atoms with Gasteiger partial charge in [-0.25, -0.2) is 0 Å². The maximum absolute atomic E-state index is 12.5. The van der Waals surface area contributed by atoms with Crippen molar-refractivity contribution < 1.29 is 27.5 Å². The van der Waals surface area contributed by atoms with Crippen molar-refractivity contribution >= 4 is 11.8 Å². The van der Waals surface area contributed by atoms with Crippen LogP contribution < -0.4 is 5.32 Å². The number of carbonyl (C=O) groups is 2. The molecule has 0 aromatic heterocycles. The SMILES string of the molecule is COC(=O)C(C)C(=O)C1CCNC(C(F)(F)F)C1. The third kappa shape index (κ3) is 3.44.